The van der Waals surface area contributed by atoms with Gasteiger partial charge in [0.15, 0.2) is 0 Å². The molecule has 1 N–H and O–H groups in total. The van der Waals surface area contributed by atoms with Crippen LogP contribution in [0.3, 0.4) is 0 Å². The maximum atomic E-state index is 12.8. The maximum Gasteiger partial charge on any atom is 0.408 e. The minimum absolute atomic E-state index is 0.109. The third kappa shape index (κ3) is 5.31. The van der Waals surface area contributed by atoms with Gasteiger partial charge in [-0.15, -0.1) is 0 Å². The number of hydrogen-bond acceptors (Lipinski definition) is 4. The molecule has 0 bridgehead atoms. The summed E-state index contributed by atoms with van der Waals surface area (Å²) in [5.74, 6) is -0.534. The van der Waals surface area contributed by atoms with E-state index in [4.69, 9.17) is 9.47 Å². The first-order valence-electron chi connectivity index (χ1n) is 12.2. The summed E-state index contributed by atoms with van der Waals surface area (Å²) in [5.41, 5.74) is 3.89. The van der Waals surface area contributed by atoms with Crippen molar-refractivity contribution < 1.29 is 19.1 Å². The van der Waals surface area contributed by atoms with E-state index in [0.29, 0.717) is 0 Å². The molecule has 184 valence electrons. The van der Waals surface area contributed by atoms with Crippen LogP contribution in [-0.2, 0) is 27.3 Å². The highest BCUT2D eigenvalue weighted by Crippen LogP contribution is 2.37. The first-order valence-corrected chi connectivity index (χ1v) is 12.2. The van der Waals surface area contributed by atoms with Crippen LogP contribution >= 0.6 is 0 Å². The second kappa shape index (κ2) is 11.0. The average Bonchev–Trinajstić information content (AvgIpc) is 2.95. The number of amides is 1. The summed E-state index contributed by atoms with van der Waals surface area (Å²) in [6.45, 7) is 0.109. The molecule has 37 heavy (non-hydrogen) atoms. The molecule has 1 amide bonds. The number of ether oxygens (including phenoxy) is 2. The van der Waals surface area contributed by atoms with E-state index in [2.05, 4.69) is 41.7 Å². The van der Waals surface area contributed by atoms with Gasteiger partial charge in [0, 0.05) is 6.42 Å². The molecule has 5 nitrogen and oxygen atoms in total. The molecular weight excluding hydrogens is 462 g/mol. The van der Waals surface area contributed by atoms with Gasteiger partial charge in [-0.05, 0) is 43.8 Å². The Labute approximate surface area is 215 Å². The van der Waals surface area contributed by atoms with Gasteiger partial charge in [-0.3, -0.25) is 0 Å². The highest BCUT2D eigenvalue weighted by Gasteiger charge is 2.25. The predicted octanol–water partition coefficient (Wildman–Crippen LogP) is 6.67. The monoisotopic (exact) mass is 489 g/mol. The average molecular weight is 490 g/mol. The summed E-state index contributed by atoms with van der Waals surface area (Å²) in [4.78, 5) is 25.4. The number of methoxy groups -OCH3 is 1. The number of carbonyl (C=O) groups excluding carboxylic acids is 2. The van der Waals surface area contributed by atoms with E-state index in [1.807, 2.05) is 72.8 Å². The molecule has 0 heterocycles. The van der Waals surface area contributed by atoms with Crippen molar-refractivity contribution >= 4 is 33.6 Å². The molecule has 0 spiro atoms. The molecule has 0 aliphatic carbocycles. The van der Waals surface area contributed by atoms with Crippen LogP contribution in [0.25, 0.3) is 32.7 Å². The standard InChI is InChI=1S/C32H27NO4/c1-36-31(34)29(33-32(35)37-21-22-10-3-2-4-11-22)20-25-19-18-24-13-6-8-16-27(24)30(25)28-17-9-14-23-12-5-7-15-26(23)28/h2-19,29H,20-21H2,1H3,(H,33,35)/t29-/m0/s1. The lowest BCUT2D eigenvalue weighted by atomic mass is 9.88. The number of carbonyl (C=O) groups is 2. The van der Waals surface area contributed by atoms with Crippen molar-refractivity contribution in [1.29, 1.82) is 0 Å². The molecule has 0 fully saturated rings. The Balaban J connectivity index is 1.51. The molecule has 5 heteroatoms. The topological polar surface area (TPSA) is 64.6 Å². The van der Waals surface area contributed by atoms with Crippen molar-refractivity contribution in [2.45, 2.75) is 19.1 Å². The van der Waals surface area contributed by atoms with Crippen LogP contribution in [0.15, 0.2) is 109 Å². The lowest BCUT2D eigenvalue weighted by Crippen LogP contribution is -2.43. The van der Waals surface area contributed by atoms with Gasteiger partial charge in [0.05, 0.1) is 7.11 Å². The van der Waals surface area contributed by atoms with Crippen molar-refractivity contribution in [3.8, 4) is 11.1 Å². The summed E-state index contributed by atoms with van der Waals surface area (Å²) in [7, 11) is 1.32. The Morgan fingerprint density at radius 2 is 1.38 bits per heavy atom. The number of hydrogen-bond donors (Lipinski definition) is 1. The summed E-state index contributed by atoms with van der Waals surface area (Å²) < 4.78 is 10.4. The van der Waals surface area contributed by atoms with Crippen LogP contribution in [0.4, 0.5) is 4.79 Å². The molecule has 5 rings (SSSR count). The van der Waals surface area contributed by atoms with Crippen LogP contribution in [0.2, 0.25) is 0 Å². The Morgan fingerprint density at radius 1 is 0.730 bits per heavy atom. The Morgan fingerprint density at radius 3 is 2.14 bits per heavy atom. The van der Waals surface area contributed by atoms with Crippen molar-refractivity contribution in [2.75, 3.05) is 7.11 Å². The van der Waals surface area contributed by atoms with Gasteiger partial charge in [-0.25, -0.2) is 9.59 Å². The zero-order valence-corrected chi connectivity index (χ0v) is 20.5. The van der Waals surface area contributed by atoms with Gasteiger partial charge in [-0.2, -0.15) is 0 Å². The van der Waals surface area contributed by atoms with E-state index >= 15 is 0 Å². The quantitative estimate of drug-likeness (QED) is 0.259. The van der Waals surface area contributed by atoms with Crippen molar-refractivity contribution in [1.82, 2.24) is 5.32 Å². The molecule has 0 aliphatic rings. The first-order chi connectivity index (χ1) is 18.1. The number of rotatable bonds is 7. The van der Waals surface area contributed by atoms with Gasteiger partial charge < -0.3 is 14.8 Å². The summed E-state index contributed by atoms with van der Waals surface area (Å²) in [5, 5.41) is 7.14. The zero-order chi connectivity index (χ0) is 25.6. The Bertz CT molecular complexity index is 1560. The molecule has 0 aliphatic heterocycles. The van der Waals surface area contributed by atoms with Gasteiger partial charge >= 0.3 is 12.1 Å². The molecular formula is C32H27NO4. The smallest absolute Gasteiger partial charge is 0.408 e. The van der Waals surface area contributed by atoms with Gasteiger partial charge in [-0.1, -0.05) is 109 Å². The third-order valence-corrected chi connectivity index (χ3v) is 6.49. The highest BCUT2D eigenvalue weighted by molar-refractivity contribution is 6.06. The van der Waals surface area contributed by atoms with E-state index in [0.717, 1.165) is 43.8 Å². The predicted molar refractivity (Wildman–Crippen MR) is 146 cm³/mol. The summed E-state index contributed by atoms with van der Waals surface area (Å²) in [6, 6.07) is 35.2. The van der Waals surface area contributed by atoms with E-state index in [1.54, 1.807) is 0 Å². The van der Waals surface area contributed by atoms with E-state index < -0.39 is 18.1 Å². The van der Waals surface area contributed by atoms with Crippen LogP contribution in [0, 0.1) is 0 Å². The fourth-order valence-electron chi connectivity index (χ4n) is 4.71. The molecule has 0 radical (unpaired) electrons. The van der Waals surface area contributed by atoms with Gasteiger partial charge in [0.2, 0.25) is 0 Å². The molecule has 0 saturated heterocycles. The SMILES string of the molecule is COC(=O)[C@H](Cc1ccc2ccccc2c1-c1cccc2ccccc12)NC(=O)OCc1ccccc1. The third-order valence-electron chi connectivity index (χ3n) is 6.49. The van der Waals surface area contributed by atoms with E-state index in [1.165, 1.54) is 7.11 Å². The molecule has 0 aromatic heterocycles. The first kappa shape index (κ1) is 24.1. The summed E-state index contributed by atoms with van der Waals surface area (Å²) in [6.07, 6.45) is -0.428. The molecule has 0 saturated carbocycles. The van der Waals surface area contributed by atoms with Gasteiger partial charge in [0.25, 0.3) is 0 Å². The lowest BCUT2D eigenvalue weighted by Gasteiger charge is -2.20. The Hall–Kier alpha value is -4.64. The second-order valence-electron chi connectivity index (χ2n) is 8.83. The zero-order valence-electron chi connectivity index (χ0n) is 20.5. The fraction of sp³-hybridized carbons (Fsp3) is 0.125. The normalized spacial score (nSPS) is 11.7. The van der Waals surface area contributed by atoms with Crippen LogP contribution < -0.4 is 5.32 Å². The molecule has 0 unspecified atom stereocenters. The second-order valence-corrected chi connectivity index (χ2v) is 8.83. The largest absolute Gasteiger partial charge is 0.467 e. The Kier molecular flexibility index (Phi) is 7.13. The van der Waals surface area contributed by atoms with E-state index in [9.17, 15) is 9.59 Å². The van der Waals surface area contributed by atoms with Crippen molar-refractivity contribution in [3.05, 3.63) is 120 Å². The van der Waals surface area contributed by atoms with E-state index in [-0.39, 0.29) is 13.0 Å². The molecule has 5 aromatic carbocycles. The van der Waals surface area contributed by atoms with Crippen molar-refractivity contribution in [2.24, 2.45) is 0 Å². The van der Waals surface area contributed by atoms with Crippen LogP contribution in [-0.4, -0.2) is 25.2 Å². The number of benzene rings is 5. The van der Waals surface area contributed by atoms with Crippen LogP contribution in [0.1, 0.15) is 11.1 Å². The minimum Gasteiger partial charge on any atom is -0.467 e. The number of esters is 1. The highest BCUT2D eigenvalue weighted by atomic mass is 16.6. The van der Waals surface area contributed by atoms with Gasteiger partial charge in [0.1, 0.15) is 12.6 Å². The van der Waals surface area contributed by atoms with Crippen LogP contribution in [0.5, 0.6) is 0 Å². The fourth-order valence-corrected chi connectivity index (χ4v) is 4.71. The minimum atomic E-state index is -0.914. The summed E-state index contributed by atoms with van der Waals surface area (Å²) >= 11 is 0. The number of nitrogens with one attached hydrogen (secondary N) is 1. The number of fused-ring (bicyclic) bond motifs is 2. The molecule has 1 atom stereocenters. The van der Waals surface area contributed by atoms with Crippen molar-refractivity contribution in [3.63, 3.8) is 0 Å². The number of alkyl carbamates (subject to hydrolysis) is 1. The lowest BCUT2D eigenvalue weighted by molar-refractivity contribution is -0.143. The molecule has 5 aromatic rings. The maximum absolute atomic E-state index is 12.8.